The van der Waals surface area contributed by atoms with Gasteiger partial charge in [-0.05, 0) is 48.0 Å². The maximum Gasteiger partial charge on any atom is 0.254 e. The minimum atomic E-state index is -0.109. The van der Waals surface area contributed by atoms with Gasteiger partial charge in [0, 0.05) is 34.5 Å². The van der Waals surface area contributed by atoms with Crippen molar-refractivity contribution in [1.82, 2.24) is 14.9 Å². The summed E-state index contributed by atoms with van der Waals surface area (Å²) in [5.74, 6) is -0.109. The van der Waals surface area contributed by atoms with Gasteiger partial charge >= 0.3 is 0 Å². The molecule has 138 valence electrons. The van der Waals surface area contributed by atoms with Crippen LogP contribution in [-0.2, 0) is 9.53 Å². The zero-order valence-corrected chi connectivity index (χ0v) is 16.6. The van der Waals surface area contributed by atoms with Crippen molar-refractivity contribution in [2.75, 3.05) is 32.8 Å². The summed E-state index contributed by atoms with van der Waals surface area (Å²) >= 11 is 3.60. The quantitative estimate of drug-likeness (QED) is 0.599. The molecule has 1 aliphatic heterocycles. The van der Waals surface area contributed by atoms with E-state index >= 15 is 0 Å². The number of hydrogen-bond donors (Lipinski definition) is 1. The molecule has 2 aromatic rings. The van der Waals surface area contributed by atoms with E-state index in [1.165, 1.54) is 0 Å². The molecule has 1 fully saturated rings. The molecule has 0 unspecified atom stereocenters. The van der Waals surface area contributed by atoms with Gasteiger partial charge in [0.15, 0.2) is 0 Å². The summed E-state index contributed by atoms with van der Waals surface area (Å²) < 4.78 is 8.48. The molecular weight excluding hydrogens is 396 g/mol. The molecule has 0 atom stereocenters. The Morgan fingerprint density at radius 2 is 2.04 bits per heavy atom. The second-order valence-corrected chi connectivity index (χ2v) is 7.15. The number of aryl methyl sites for hydroxylation is 1. The standard InChI is InChI=1S/C19H23BrN4O2/c1-14-11-16(15(2)24(14)18-6-4-3-5-17(18)20)12-21-22-19(25)13-23-7-9-26-10-8-23/h3-6,11-12H,7-10,13H2,1-2H3,(H,22,25)/b21-12-. The van der Waals surface area contributed by atoms with Gasteiger partial charge in [-0.1, -0.05) is 12.1 Å². The molecule has 0 spiro atoms. The summed E-state index contributed by atoms with van der Waals surface area (Å²) in [7, 11) is 0. The Hall–Kier alpha value is -1.96. The molecule has 0 aliphatic carbocycles. The van der Waals surface area contributed by atoms with Gasteiger partial charge in [-0.15, -0.1) is 0 Å². The van der Waals surface area contributed by atoms with Crippen molar-refractivity contribution >= 4 is 28.1 Å². The molecule has 26 heavy (non-hydrogen) atoms. The van der Waals surface area contributed by atoms with E-state index < -0.39 is 0 Å². The first-order chi connectivity index (χ1) is 12.6. The number of aromatic nitrogens is 1. The van der Waals surface area contributed by atoms with Gasteiger partial charge in [0.2, 0.25) is 0 Å². The number of nitrogens with one attached hydrogen (secondary N) is 1. The van der Waals surface area contributed by atoms with E-state index in [-0.39, 0.29) is 5.91 Å². The molecule has 0 saturated carbocycles. The Balaban J connectivity index is 1.67. The van der Waals surface area contributed by atoms with Crippen LogP contribution in [0.2, 0.25) is 0 Å². The smallest absolute Gasteiger partial charge is 0.254 e. The molecule has 0 radical (unpaired) electrons. The number of nitrogens with zero attached hydrogens (tertiary/aromatic N) is 3. The molecule has 1 aromatic heterocycles. The molecule has 3 rings (SSSR count). The third kappa shape index (κ3) is 4.41. The van der Waals surface area contributed by atoms with Crippen LogP contribution in [0.25, 0.3) is 5.69 Å². The van der Waals surface area contributed by atoms with Crippen molar-refractivity contribution in [3.8, 4) is 5.69 Å². The molecule has 1 saturated heterocycles. The number of amides is 1. The third-order valence-electron chi connectivity index (χ3n) is 4.43. The van der Waals surface area contributed by atoms with E-state index in [2.05, 4.69) is 55.0 Å². The lowest BCUT2D eigenvalue weighted by atomic mass is 10.2. The summed E-state index contributed by atoms with van der Waals surface area (Å²) in [5, 5.41) is 4.13. The first kappa shape index (κ1) is 18.8. The summed E-state index contributed by atoms with van der Waals surface area (Å²) in [6.07, 6.45) is 1.70. The third-order valence-corrected chi connectivity index (χ3v) is 5.10. The summed E-state index contributed by atoms with van der Waals surface area (Å²) in [6, 6.07) is 10.2. The van der Waals surface area contributed by atoms with Gasteiger partial charge in [0.05, 0.1) is 31.7 Å². The van der Waals surface area contributed by atoms with Crippen LogP contribution in [0.5, 0.6) is 0 Å². The van der Waals surface area contributed by atoms with Gasteiger partial charge < -0.3 is 9.30 Å². The Bertz CT molecular complexity index is 810. The number of carbonyl (C=O) groups is 1. The minimum absolute atomic E-state index is 0.109. The van der Waals surface area contributed by atoms with Crippen LogP contribution in [0.4, 0.5) is 0 Å². The number of ether oxygens (including phenoxy) is 1. The molecule has 1 amide bonds. The van der Waals surface area contributed by atoms with E-state index in [1.54, 1.807) is 6.21 Å². The van der Waals surface area contributed by atoms with E-state index in [9.17, 15) is 4.79 Å². The topological polar surface area (TPSA) is 58.9 Å². The molecule has 6 nitrogen and oxygen atoms in total. The van der Waals surface area contributed by atoms with E-state index in [0.29, 0.717) is 19.8 Å². The van der Waals surface area contributed by atoms with E-state index in [1.807, 2.05) is 25.1 Å². The highest BCUT2D eigenvalue weighted by Crippen LogP contribution is 2.25. The fraction of sp³-hybridized carbons (Fsp3) is 0.368. The van der Waals surface area contributed by atoms with Gasteiger partial charge in [-0.3, -0.25) is 9.69 Å². The number of carbonyl (C=O) groups excluding carboxylic acids is 1. The Morgan fingerprint density at radius 1 is 1.31 bits per heavy atom. The van der Waals surface area contributed by atoms with Crippen LogP contribution >= 0.6 is 15.9 Å². The average molecular weight is 419 g/mol. The van der Waals surface area contributed by atoms with Crippen molar-refractivity contribution < 1.29 is 9.53 Å². The van der Waals surface area contributed by atoms with E-state index in [0.717, 1.165) is 40.2 Å². The maximum absolute atomic E-state index is 12.0. The predicted octanol–water partition coefficient (Wildman–Crippen LogP) is 2.64. The number of benzene rings is 1. The zero-order chi connectivity index (χ0) is 18.5. The normalized spacial score (nSPS) is 15.5. The molecule has 1 aromatic carbocycles. The second kappa shape index (κ2) is 8.62. The van der Waals surface area contributed by atoms with Crippen molar-refractivity contribution in [2.45, 2.75) is 13.8 Å². The largest absolute Gasteiger partial charge is 0.379 e. The lowest BCUT2D eigenvalue weighted by Crippen LogP contribution is -2.42. The molecule has 1 aliphatic rings. The Kier molecular flexibility index (Phi) is 6.24. The zero-order valence-electron chi connectivity index (χ0n) is 15.0. The highest BCUT2D eigenvalue weighted by atomic mass is 79.9. The fourth-order valence-electron chi connectivity index (χ4n) is 3.09. The number of para-hydroxylation sites is 1. The number of hydrogen-bond acceptors (Lipinski definition) is 4. The summed E-state index contributed by atoms with van der Waals surface area (Å²) in [6.45, 7) is 7.37. The monoisotopic (exact) mass is 418 g/mol. The second-order valence-electron chi connectivity index (χ2n) is 6.29. The van der Waals surface area contributed by atoms with Gasteiger partial charge in [0.1, 0.15) is 0 Å². The van der Waals surface area contributed by atoms with Crippen LogP contribution in [0.15, 0.2) is 39.9 Å². The van der Waals surface area contributed by atoms with Crippen molar-refractivity contribution in [1.29, 1.82) is 0 Å². The van der Waals surface area contributed by atoms with Crippen molar-refractivity contribution in [3.05, 3.63) is 51.8 Å². The van der Waals surface area contributed by atoms with Crippen LogP contribution < -0.4 is 5.43 Å². The summed E-state index contributed by atoms with van der Waals surface area (Å²) in [4.78, 5) is 14.1. The number of halogens is 1. The molecular formula is C19H23BrN4O2. The van der Waals surface area contributed by atoms with Crippen molar-refractivity contribution in [2.24, 2.45) is 5.10 Å². The minimum Gasteiger partial charge on any atom is -0.379 e. The highest BCUT2D eigenvalue weighted by Gasteiger charge is 2.14. The molecule has 7 heteroatoms. The SMILES string of the molecule is Cc1cc(/C=N\NC(=O)CN2CCOCC2)c(C)n1-c1ccccc1Br. The van der Waals surface area contributed by atoms with Crippen molar-refractivity contribution in [3.63, 3.8) is 0 Å². The maximum atomic E-state index is 12.0. The molecule has 1 N–H and O–H groups in total. The van der Waals surface area contributed by atoms with Gasteiger partial charge in [-0.25, -0.2) is 5.43 Å². The molecule has 0 bridgehead atoms. The Labute approximate surface area is 162 Å². The number of rotatable bonds is 5. The van der Waals surface area contributed by atoms with Crippen LogP contribution in [0.1, 0.15) is 17.0 Å². The van der Waals surface area contributed by atoms with Crippen LogP contribution in [0.3, 0.4) is 0 Å². The van der Waals surface area contributed by atoms with Crippen LogP contribution in [0, 0.1) is 13.8 Å². The first-order valence-corrected chi connectivity index (χ1v) is 9.41. The highest BCUT2D eigenvalue weighted by molar-refractivity contribution is 9.10. The molecule has 2 heterocycles. The Morgan fingerprint density at radius 3 is 2.77 bits per heavy atom. The van der Waals surface area contributed by atoms with Gasteiger partial charge in [0.25, 0.3) is 5.91 Å². The average Bonchev–Trinajstić information content (AvgIpc) is 2.90. The lowest BCUT2D eigenvalue weighted by molar-refractivity contribution is -0.123. The van der Waals surface area contributed by atoms with Gasteiger partial charge in [-0.2, -0.15) is 5.10 Å². The predicted molar refractivity (Wildman–Crippen MR) is 106 cm³/mol. The fourth-order valence-corrected chi connectivity index (χ4v) is 3.56. The van der Waals surface area contributed by atoms with Crippen LogP contribution in [-0.4, -0.2) is 54.4 Å². The van der Waals surface area contributed by atoms with E-state index in [4.69, 9.17) is 4.74 Å². The summed E-state index contributed by atoms with van der Waals surface area (Å²) in [5.41, 5.74) is 6.85. The lowest BCUT2D eigenvalue weighted by Gasteiger charge is -2.25. The first-order valence-electron chi connectivity index (χ1n) is 8.62. The number of hydrazone groups is 1. The number of morpholine rings is 1.